The number of rotatable bonds is 6. The molecule has 0 radical (unpaired) electrons. The van der Waals surface area contributed by atoms with Crippen molar-refractivity contribution in [1.82, 2.24) is 0 Å². The normalized spacial score (nSPS) is 12.3. The molecule has 0 saturated heterocycles. The van der Waals surface area contributed by atoms with Gasteiger partial charge in [0, 0.05) is 13.0 Å². The number of esters is 3. The number of carbonyl (C=O) groups is 3. The Morgan fingerprint density at radius 3 is 2.39 bits per heavy atom. The van der Waals surface area contributed by atoms with Crippen LogP contribution in [0.3, 0.4) is 0 Å². The Balaban J connectivity index is 4.12. The molecule has 100 valence electrons. The Kier molecular flexibility index (Phi) is 7.11. The molecule has 0 aromatic carbocycles. The molecule has 0 fully saturated rings. The summed E-state index contributed by atoms with van der Waals surface area (Å²) in [5, 5.41) is 0. The van der Waals surface area contributed by atoms with E-state index in [-0.39, 0.29) is 12.2 Å². The highest BCUT2D eigenvalue weighted by Gasteiger charge is 2.11. The molecule has 0 saturated carbocycles. The first kappa shape index (κ1) is 15.9. The first-order valence-corrected chi connectivity index (χ1v) is 5.21. The van der Waals surface area contributed by atoms with E-state index in [1.807, 2.05) is 0 Å². The largest absolute Gasteiger partial charge is 0.459 e. The molecule has 0 rings (SSSR count). The maximum atomic E-state index is 11.4. The van der Waals surface area contributed by atoms with Crippen LogP contribution in [0.15, 0.2) is 24.5 Å². The van der Waals surface area contributed by atoms with Gasteiger partial charge in [-0.3, -0.25) is 4.79 Å². The van der Waals surface area contributed by atoms with Gasteiger partial charge in [0.25, 0.3) is 0 Å². The predicted octanol–water partition coefficient (Wildman–Crippen LogP) is 1.11. The van der Waals surface area contributed by atoms with Crippen LogP contribution in [0, 0.1) is 0 Å². The van der Waals surface area contributed by atoms with Crippen LogP contribution in [0.2, 0.25) is 0 Å². The van der Waals surface area contributed by atoms with Gasteiger partial charge in [0.15, 0.2) is 0 Å². The number of hydrogen-bond acceptors (Lipinski definition) is 6. The Morgan fingerprint density at radius 2 is 1.89 bits per heavy atom. The summed E-state index contributed by atoms with van der Waals surface area (Å²) in [4.78, 5) is 32.7. The third kappa shape index (κ3) is 7.21. The second-order valence-corrected chi connectivity index (χ2v) is 3.46. The molecule has 0 heterocycles. The molecule has 1 atom stereocenters. The van der Waals surface area contributed by atoms with Gasteiger partial charge < -0.3 is 14.2 Å². The van der Waals surface area contributed by atoms with E-state index >= 15 is 0 Å². The van der Waals surface area contributed by atoms with Crippen molar-refractivity contribution in [2.24, 2.45) is 0 Å². The highest BCUT2D eigenvalue weighted by atomic mass is 16.6. The molecular formula is C12H16O6. The third-order valence-corrected chi connectivity index (χ3v) is 1.66. The van der Waals surface area contributed by atoms with E-state index in [9.17, 15) is 14.4 Å². The van der Waals surface area contributed by atoms with Crippen LogP contribution in [0.4, 0.5) is 0 Å². The van der Waals surface area contributed by atoms with Crippen molar-refractivity contribution < 1.29 is 28.6 Å². The van der Waals surface area contributed by atoms with Crippen molar-refractivity contribution in [3.8, 4) is 0 Å². The molecule has 6 heteroatoms. The molecule has 0 amide bonds. The topological polar surface area (TPSA) is 78.9 Å². The Morgan fingerprint density at radius 1 is 1.28 bits per heavy atom. The maximum Gasteiger partial charge on any atom is 0.336 e. The van der Waals surface area contributed by atoms with Crippen molar-refractivity contribution in [3.63, 3.8) is 0 Å². The molecule has 0 aromatic heterocycles. The molecule has 0 bridgehead atoms. The Labute approximate surface area is 105 Å². The quantitative estimate of drug-likeness (QED) is 0.306. The van der Waals surface area contributed by atoms with Gasteiger partial charge in [0.1, 0.15) is 19.0 Å². The summed E-state index contributed by atoms with van der Waals surface area (Å²) in [6, 6.07) is 0. The number of hydrogen-bond donors (Lipinski definition) is 0. The van der Waals surface area contributed by atoms with Crippen molar-refractivity contribution in [3.05, 3.63) is 24.5 Å². The smallest absolute Gasteiger partial charge is 0.336 e. The van der Waals surface area contributed by atoms with Crippen molar-refractivity contribution >= 4 is 17.9 Å². The zero-order valence-corrected chi connectivity index (χ0v) is 10.6. The van der Waals surface area contributed by atoms with Gasteiger partial charge in [-0.15, -0.1) is 0 Å². The van der Waals surface area contributed by atoms with Gasteiger partial charge in [0.2, 0.25) is 0 Å². The van der Waals surface area contributed by atoms with Crippen LogP contribution in [0.1, 0.15) is 20.8 Å². The molecule has 6 nitrogen and oxygen atoms in total. The van der Waals surface area contributed by atoms with Gasteiger partial charge in [-0.2, -0.15) is 0 Å². The van der Waals surface area contributed by atoms with E-state index in [0.29, 0.717) is 0 Å². The molecule has 0 aliphatic heterocycles. The highest BCUT2D eigenvalue weighted by Crippen LogP contribution is 2.00. The van der Waals surface area contributed by atoms with Crippen LogP contribution in [-0.2, 0) is 28.6 Å². The standard InChI is InChI=1S/C12H16O6/c1-5-11(14)16-6-8(2)12(15)17-7-9(3)18-10(4)13/h5-6,9H,1,7H2,2-4H3/b8-6+. The zero-order valence-electron chi connectivity index (χ0n) is 10.6. The summed E-state index contributed by atoms with van der Waals surface area (Å²) in [6.07, 6.45) is 1.41. The molecule has 0 aliphatic carbocycles. The summed E-state index contributed by atoms with van der Waals surface area (Å²) in [6.45, 7) is 7.41. The first-order chi connectivity index (χ1) is 8.36. The molecule has 0 spiro atoms. The fourth-order valence-corrected chi connectivity index (χ4v) is 0.867. The minimum Gasteiger partial charge on any atom is -0.459 e. The van der Waals surface area contributed by atoms with Crippen LogP contribution in [0.25, 0.3) is 0 Å². The average Bonchev–Trinajstić information content (AvgIpc) is 2.31. The summed E-state index contributed by atoms with van der Waals surface area (Å²) >= 11 is 0. The van der Waals surface area contributed by atoms with E-state index < -0.39 is 24.0 Å². The van der Waals surface area contributed by atoms with E-state index in [4.69, 9.17) is 9.47 Å². The first-order valence-electron chi connectivity index (χ1n) is 5.21. The van der Waals surface area contributed by atoms with Crippen molar-refractivity contribution in [1.29, 1.82) is 0 Å². The summed E-state index contributed by atoms with van der Waals surface area (Å²) in [5.41, 5.74) is 0.111. The summed E-state index contributed by atoms with van der Waals surface area (Å²) in [5.74, 6) is -1.79. The van der Waals surface area contributed by atoms with Gasteiger partial charge in [-0.05, 0) is 13.8 Å². The molecule has 0 aromatic rings. The van der Waals surface area contributed by atoms with E-state index in [1.165, 1.54) is 13.8 Å². The monoisotopic (exact) mass is 256 g/mol. The lowest BCUT2D eigenvalue weighted by molar-refractivity contribution is -0.154. The average molecular weight is 256 g/mol. The molecule has 1 unspecified atom stereocenters. The van der Waals surface area contributed by atoms with E-state index in [1.54, 1.807) is 6.92 Å². The molecule has 0 N–H and O–H groups in total. The predicted molar refractivity (Wildman–Crippen MR) is 62.2 cm³/mol. The van der Waals surface area contributed by atoms with E-state index in [0.717, 1.165) is 12.3 Å². The summed E-state index contributed by atoms with van der Waals surface area (Å²) < 4.78 is 14.1. The minimum absolute atomic E-state index is 0.0704. The number of ether oxygens (including phenoxy) is 3. The second kappa shape index (κ2) is 8.05. The maximum absolute atomic E-state index is 11.4. The van der Waals surface area contributed by atoms with Crippen LogP contribution < -0.4 is 0 Å². The molecule has 0 aliphatic rings. The fraction of sp³-hybridized carbons (Fsp3) is 0.417. The van der Waals surface area contributed by atoms with Crippen LogP contribution in [-0.4, -0.2) is 30.6 Å². The number of carbonyl (C=O) groups excluding carboxylic acids is 3. The van der Waals surface area contributed by atoms with Crippen LogP contribution in [0.5, 0.6) is 0 Å². The SMILES string of the molecule is C=CC(=O)O/C=C(\C)C(=O)OCC(C)OC(C)=O. The highest BCUT2D eigenvalue weighted by molar-refractivity contribution is 5.88. The third-order valence-electron chi connectivity index (χ3n) is 1.66. The van der Waals surface area contributed by atoms with Gasteiger partial charge in [-0.1, -0.05) is 6.58 Å². The lowest BCUT2D eigenvalue weighted by Gasteiger charge is -2.12. The van der Waals surface area contributed by atoms with Gasteiger partial charge >= 0.3 is 17.9 Å². The van der Waals surface area contributed by atoms with Crippen molar-refractivity contribution in [2.45, 2.75) is 26.9 Å². The summed E-state index contributed by atoms with van der Waals surface area (Å²) in [7, 11) is 0. The Bertz CT molecular complexity index is 369. The minimum atomic E-state index is -0.671. The molecular weight excluding hydrogens is 240 g/mol. The fourth-order valence-electron chi connectivity index (χ4n) is 0.867. The second-order valence-electron chi connectivity index (χ2n) is 3.46. The van der Waals surface area contributed by atoms with Crippen LogP contribution >= 0.6 is 0 Å². The zero-order chi connectivity index (χ0) is 14.1. The van der Waals surface area contributed by atoms with Gasteiger partial charge in [0.05, 0.1) is 5.57 Å². The lowest BCUT2D eigenvalue weighted by Crippen LogP contribution is -2.21. The van der Waals surface area contributed by atoms with E-state index in [2.05, 4.69) is 11.3 Å². The molecule has 18 heavy (non-hydrogen) atoms. The lowest BCUT2D eigenvalue weighted by atomic mass is 10.3. The van der Waals surface area contributed by atoms with Crippen molar-refractivity contribution in [2.75, 3.05) is 6.61 Å². The van der Waals surface area contributed by atoms with Gasteiger partial charge in [-0.25, -0.2) is 9.59 Å². The Hall–Kier alpha value is -2.11.